The molecule has 1 saturated carbocycles. The summed E-state index contributed by atoms with van der Waals surface area (Å²) in [7, 11) is 2.00. The summed E-state index contributed by atoms with van der Waals surface area (Å²) in [5.41, 5.74) is 3.70. The van der Waals surface area contributed by atoms with Gasteiger partial charge in [-0.3, -0.25) is 9.67 Å². The Morgan fingerprint density at radius 3 is 2.67 bits per heavy atom. The number of rotatable bonds is 6. The van der Waals surface area contributed by atoms with Gasteiger partial charge in [0.2, 0.25) is 0 Å². The van der Waals surface area contributed by atoms with Crippen LogP contribution in [0.1, 0.15) is 43.1 Å². The molecule has 24 heavy (non-hydrogen) atoms. The van der Waals surface area contributed by atoms with Gasteiger partial charge in [0.05, 0.1) is 5.69 Å². The molecule has 7 heteroatoms. The average molecular weight is 465 g/mol. The van der Waals surface area contributed by atoms with E-state index in [4.69, 9.17) is 4.99 Å². The van der Waals surface area contributed by atoms with Gasteiger partial charge in [0, 0.05) is 37.1 Å². The van der Waals surface area contributed by atoms with Crippen molar-refractivity contribution in [3.8, 4) is 0 Å². The molecule has 0 spiro atoms. The van der Waals surface area contributed by atoms with Crippen LogP contribution in [-0.2, 0) is 13.5 Å². The number of guanidine groups is 1. The van der Waals surface area contributed by atoms with E-state index in [-0.39, 0.29) is 24.0 Å². The van der Waals surface area contributed by atoms with E-state index in [1.165, 1.54) is 30.5 Å². The van der Waals surface area contributed by atoms with E-state index in [1.54, 1.807) is 0 Å². The van der Waals surface area contributed by atoms with E-state index in [1.807, 2.05) is 23.5 Å². The van der Waals surface area contributed by atoms with Crippen LogP contribution in [0.25, 0.3) is 0 Å². The van der Waals surface area contributed by atoms with Gasteiger partial charge in [0.1, 0.15) is 0 Å². The summed E-state index contributed by atoms with van der Waals surface area (Å²) in [5, 5.41) is 12.3. The summed E-state index contributed by atoms with van der Waals surface area (Å²) >= 11 is 1.99. The third-order valence-electron chi connectivity index (χ3n) is 4.69. The highest BCUT2D eigenvalue weighted by Crippen LogP contribution is 2.28. The fourth-order valence-corrected chi connectivity index (χ4v) is 4.05. The summed E-state index contributed by atoms with van der Waals surface area (Å²) in [4.78, 5) is 4.77. The van der Waals surface area contributed by atoms with Gasteiger partial charge in [-0.2, -0.15) is 16.9 Å². The molecule has 1 aliphatic rings. The van der Waals surface area contributed by atoms with Crippen molar-refractivity contribution >= 4 is 41.7 Å². The van der Waals surface area contributed by atoms with Gasteiger partial charge in [0.15, 0.2) is 5.96 Å². The van der Waals surface area contributed by atoms with Crippen LogP contribution < -0.4 is 10.6 Å². The van der Waals surface area contributed by atoms with Crippen LogP contribution in [0, 0.1) is 13.8 Å². The summed E-state index contributed by atoms with van der Waals surface area (Å²) in [6.07, 6.45) is 6.96. The molecule has 1 heterocycles. The molecule has 2 rings (SSSR count). The zero-order valence-electron chi connectivity index (χ0n) is 15.6. The monoisotopic (exact) mass is 465 g/mol. The van der Waals surface area contributed by atoms with Crippen molar-refractivity contribution < 1.29 is 0 Å². The van der Waals surface area contributed by atoms with Crippen LogP contribution in [0.15, 0.2) is 4.99 Å². The standard InChI is InChI=1S/C17H31N5S.HI/c1-6-18-17(20-14-7-8-15(11-14)23-5)19-10-9-16-12(2)21-22(4)13(16)3;/h14-15H,6-11H2,1-5H3,(H2,18,19,20);1H. The number of thioether (sulfide) groups is 1. The van der Waals surface area contributed by atoms with Gasteiger partial charge in [-0.25, -0.2) is 0 Å². The quantitative estimate of drug-likeness (QED) is 0.385. The molecular weight excluding hydrogens is 433 g/mol. The molecule has 0 amide bonds. The van der Waals surface area contributed by atoms with E-state index in [2.05, 4.69) is 42.8 Å². The number of aliphatic imine (C=N–C) groups is 1. The first kappa shape index (κ1) is 21.6. The Morgan fingerprint density at radius 2 is 2.12 bits per heavy atom. The van der Waals surface area contributed by atoms with Crippen LogP contribution in [-0.4, -0.2) is 46.4 Å². The van der Waals surface area contributed by atoms with Gasteiger partial charge in [0.25, 0.3) is 0 Å². The molecule has 2 N–H and O–H groups in total. The minimum Gasteiger partial charge on any atom is -0.357 e. The molecule has 0 saturated heterocycles. The van der Waals surface area contributed by atoms with Crippen molar-refractivity contribution in [1.82, 2.24) is 20.4 Å². The van der Waals surface area contributed by atoms with Gasteiger partial charge in [-0.15, -0.1) is 24.0 Å². The fourth-order valence-electron chi connectivity index (χ4n) is 3.26. The van der Waals surface area contributed by atoms with Crippen LogP contribution >= 0.6 is 35.7 Å². The van der Waals surface area contributed by atoms with Crippen molar-refractivity contribution in [2.45, 2.75) is 57.7 Å². The van der Waals surface area contributed by atoms with Crippen LogP contribution in [0.4, 0.5) is 0 Å². The molecule has 1 aromatic rings. The Kier molecular flexibility index (Phi) is 9.48. The number of halogens is 1. The third-order valence-corrected chi connectivity index (χ3v) is 5.79. The maximum absolute atomic E-state index is 4.77. The predicted octanol–water partition coefficient (Wildman–Crippen LogP) is 3.04. The number of aryl methyl sites for hydroxylation is 2. The van der Waals surface area contributed by atoms with Crippen molar-refractivity contribution in [1.29, 1.82) is 0 Å². The minimum absolute atomic E-state index is 0. The van der Waals surface area contributed by atoms with Crippen LogP contribution in [0.5, 0.6) is 0 Å². The molecule has 1 aromatic heterocycles. The SMILES string of the molecule is CCNC(=NCCc1c(C)nn(C)c1C)NC1CCC(SC)C1.I. The lowest BCUT2D eigenvalue weighted by molar-refractivity contribution is 0.615. The molecule has 138 valence electrons. The zero-order valence-corrected chi connectivity index (χ0v) is 18.7. The lowest BCUT2D eigenvalue weighted by Crippen LogP contribution is -2.42. The summed E-state index contributed by atoms with van der Waals surface area (Å²) in [5.74, 6) is 0.957. The molecule has 0 radical (unpaired) electrons. The Morgan fingerprint density at radius 1 is 1.38 bits per heavy atom. The lowest BCUT2D eigenvalue weighted by atomic mass is 10.1. The smallest absolute Gasteiger partial charge is 0.191 e. The Balaban J connectivity index is 0.00000288. The van der Waals surface area contributed by atoms with E-state index in [0.29, 0.717) is 6.04 Å². The largest absolute Gasteiger partial charge is 0.357 e. The van der Waals surface area contributed by atoms with Crippen molar-refractivity contribution in [3.05, 3.63) is 17.0 Å². The highest BCUT2D eigenvalue weighted by Gasteiger charge is 2.24. The predicted molar refractivity (Wildman–Crippen MR) is 116 cm³/mol. The van der Waals surface area contributed by atoms with E-state index in [0.717, 1.165) is 36.4 Å². The van der Waals surface area contributed by atoms with E-state index in [9.17, 15) is 0 Å². The number of nitrogens with one attached hydrogen (secondary N) is 2. The fraction of sp³-hybridized carbons (Fsp3) is 0.765. The molecule has 1 fully saturated rings. The minimum atomic E-state index is 0. The third kappa shape index (κ3) is 5.82. The Labute approximate surface area is 167 Å². The molecule has 0 aliphatic heterocycles. The van der Waals surface area contributed by atoms with Gasteiger partial charge < -0.3 is 10.6 Å². The number of nitrogens with zero attached hydrogens (tertiary/aromatic N) is 3. The topological polar surface area (TPSA) is 54.2 Å². The summed E-state index contributed by atoms with van der Waals surface area (Å²) in [6, 6.07) is 0.562. The second-order valence-electron chi connectivity index (χ2n) is 6.30. The second-order valence-corrected chi connectivity index (χ2v) is 7.43. The van der Waals surface area contributed by atoms with E-state index < -0.39 is 0 Å². The van der Waals surface area contributed by atoms with Crippen molar-refractivity contribution in [3.63, 3.8) is 0 Å². The molecule has 0 aromatic carbocycles. The molecule has 2 unspecified atom stereocenters. The lowest BCUT2D eigenvalue weighted by Gasteiger charge is -2.17. The average Bonchev–Trinajstić information content (AvgIpc) is 3.07. The first-order valence-corrected chi connectivity index (χ1v) is 9.90. The van der Waals surface area contributed by atoms with Crippen molar-refractivity contribution in [2.24, 2.45) is 12.0 Å². The van der Waals surface area contributed by atoms with Gasteiger partial charge in [-0.1, -0.05) is 0 Å². The van der Waals surface area contributed by atoms with Crippen LogP contribution in [0.3, 0.4) is 0 Å². The maximum atomic E-state index is 4.77. The second kappa shape index (κ2) is 10.5. The summed E-state index contributed by atoms with van der Waals surface area (Å²) < 4.78 is 1.96. The molecular formula is C17H32IN5S. The van der Waals surface area contributed by atoms with E-state index >= 15 is 0 Å². The Bertz CT molecular complexity index is 543. The van der Waals surface area contributed by atoms with Crippen molar-refractivity contribution in [2.75, 3.05) is 19.3 Å². The highest BCUT2D eigenvalue weighted by molar-refractivity contribution is 14.0. The maximum Gasteiger partial charge on any atom is 0.191 e. The van der Waals surface area contributed by atoms with Crippen LogP contribution in [0.2, 0.25) is 0 Å². The summed E-state index contributed by atoms with van der Waals surface area (Å²) in [6.45, 7) is 8.02. The number of hydrogen-bond donors (Lipinski definition) is 2. The van der Waals surface area contributed by atoms with Gasteiger partial charge in [-0.05, 0) is 58.3 Å². The highest BCUT2D eigenvalue weighted by atomic mass is 127. The number of hydrogen-bond acceptors (Lipinski definition) is 3. The normalized spacial score (nSPS) is 20.8. The number of aromatic nitrogens is 2. The molecule has 0 bridgehead atoms. The van der Waals surface area contributed by atoms with Gasteiger partial charge >= 0.3 is 0 Å². The molecule has 1 aliphatic carbocycles. The zero-order chi connectivity index (χ0) is 16.8. The first-order chi connectivity index (χ1) is 11.0. The molecule has 2 atom stereocenters. The molecule has 5 nitrogen and oxygen atoms in total. The first-order valence-electron chi connectivity index (χ1n) is 8.61. The Hall–Kier alpha value is -0.440.